The number of hydrogen-bond acceptors (Lipinski definition) is 3. The number of nitrogens with zero attached hydrogens (tertiary/aromatic N) is 3. The summed E-state index contributed by atoms with van der Waals surface area (Å²) in [6, 6.07) is 14.3. The molecule has 28 heavy (non-hydrogen) atoms. The Morgan fingerprint density at radius 1 is 0.964 bits per heavy atom. The zero-order chi connectivity index (χ0) is 19.3. The molecule has 0 atom stereocenters. The van der Waals surface area contributed by atoms with Crippen LogP contribution in [-0.2, 0) is 6.42 Å². The first-order chi connectivity index (χ1) is 13.7. The van der Waals surface area contributed by atoms with Gasteiger partial charge in [0, 0.05) is 35.9 Å². The summed E-state index contributed by atoms with van der Waals surface area (Å²) in [6.45, 7) is 2.09. The average Bonchev–Trinajstić information content (AvgIpc) is 3.13. The quantitative estimate of drug-likeness (QED) is 0.517. The van der Waals surface area contributed by atoms with Crippen molar-refractivity contribution >= 4 is 6.08 Å². The molecule has 0 spiro atoms. The maximum atomic E-state index is 13.4. The number of allylic oxidation sites excluding steroid dienone is 1. The molecule has 0 aliphatic heterocycles. The fourth-order valence-corrected chi connectivity index (χ4v) is 3.21. The highest BCUT2D eigenvalue weighted by Crippen LogP contribution is 2.34. The standard InChI is InChI=1S/C23H19FN4/c1-16(13-17-3-2-10-26-15-17)14-21-22(18-8-11-25-12-9-18)23(28-27-21)19-4-6-20(24)7-5-19/h2-12,14-15H,13H2,1H3,(H,27,28). The van der Waals surface area contributed by atoms with Crippen LogP contribution in [0.5, 0.6) is 0 Å². The number of nitrogens with one attached hydrogen (secondary N) is 1. The van der Waals surface area contributed by atoms with Crippen molar-refractivity contribution in [3.8, 4) is 22.4 Å². The second-order valence-electron chi connectivity index (χ2n) is 6.63. The minimum absolute atomic E-state index is 0.266. The topological polar surface area (TPSA) is 54.5 Å². The number of rotatable bonds is 5. The highest BCUT2D eigenvalue weighted by molar-refractivity contribution is 5.86. The third-order valence-electron chi connectivity index (χ3n) is 4.48. The van der Waals surface area contributed by atoms with Crippen LogP contribution in [0.2, 0.25) is 0 Å². The van der Waals surface area contributed by atoms with Crippen LogP contribution in [0.25, 0.3) is 28.5 Å². The molecule has 0 aliphatic carbocycles. The predicted molar refractivity (Wildman–Crippen MR) is 109 cm³/mol. The van der Waals surface area contributed by atoms with Crippen molar-refractivity contribution in [2.45, 2.75) is 13.3 Å². The summed E-state index contributed by atoms with van der Waals surface area (Å²) in [5.74, 6) is -0.266. The number of benzene rings is 1. The second kappa shape index (κ2) is 7.96. The second-order valence-corrected chi connectivity index (χ2v) is 6.63. The van der Waals surface area contributed by atoms with E-state index in [0.29, 0.717) is 0 Å². The molecule has 4 nitrogen and oxygen atoms in total. The summed E-state index contributed by atoms with van der Waals surface area (Å²) >= 11 is 0. The fraction of sp³-hybridized carbons (Fsp3) is 0.0870. The molecule has 0 radical (unpaired) electrons. The first kappa shape index (κ1) is 17.8. The van der Waals surface area contributed by atoms with E-state index in [1.807, 2.05) is 24.4 Å². The van der Waals surface area contributed by atoms with Crippen LogP contribution >= 0.6 is 0 Å². The maximum absolute atomic E-state index is 13.4. The molecule has 3 aromatic heterocycles. The Balaban J connectivity index is 1.77. The normalized spacial score (nSPS) is 11.6. The first-order valence-electron chi connectivity index (χ1n) is 9.01. The van der Waals surface area contributed by atoms with Crippen molar-refractivity contribution in [3.05, 3.63) is 96.0 Å². The van der Waals surface area contributed by atoms with Gasteiger partial charge in [0.1, 0.15) is 11.5 Å². The molecule has 0 saturated carbocycles. The van der Waals surface area contributed by atoms with Gasteiger partial charge in [-0.2, -0.15) is 5.10 Å². The number of aromatic nitrogens is 4. The van der Waals surface area contributed by atoms with E-state index in [1.165, 1.54) is 17.7 Å². The van der Waals surface area contributed by atoms with Crippen molar-refractivity contribution in [2.75, 3.05) is 0 Å². The van der Waals surface area contributed by atoms with Crippen molar-refractivity contribution in [1.82, 2.24) is 20.2 Å². The Hall–Kier alpha value is -3.60. The molecule has 4 aromatic rings. The molecule has 0 unspecified atom stereocenters. The lowest BCUT2D eigenvalue weighted by Crippen LogP contribution is -1.89. The highest BCUT2D eigenvalue weighted by atomic mass is 19.1. The van der Waals surface area contributed by atoms with Crippen LogP contribution in [0.3, 0.4) is 0 Å². The summed E-state index contributed by atoms with van der Waals surface area (Å²) in [5, 5.41) is 7.67. The van der Waals surface area contributed by atoms with E-state index in [4.69, 9.17) is 0 Å². The van der Waals surface area contributed by atoms with E-state index >= 15 is 0 Å². The molecule has 5 heteroatoms. The Morgan fingerprint density at radius 3 is 2.46 bits per heavy atom. The Morgan fingerprint density at radius 2 is 1.75 bits per heavy atom. The monoisotopic (exact) mass is 370 g/mol. The first-order valence-corrected chi connectivity index (χ1v) is 9.01. The van der Waals surface area contributed by atoms with Crippen LogP contribution in [0.1, 0.15) is 18.2 Å². The van der Waals surface area contributed by atoms with E-state index in [1.54, 1.807) is 30.7 Å². The van der Waals surface area contributed by atoms with Gasteiger partial charge in [-0.05, 0) is 73.0 Å². The Bertz CT molecular complexity index is 1080. The summed E-state index contributed by atoms with van der Waals surface area (Å²) in [4.78, 5) is 8.29. The van der Waals surface area contributed by atoms with Crippen molar-refractivity contribution in [1.29, 1.82) is 0 Å². The summed E-state index contributed by atoms with van der Waals surface area (Å²) in [7, 11) is 0. The van der Waals surface area contributed by atoms with Gasteiger partial charge < -0.3 is 0 Å². The molecule has 0 saturated heterocycles. The smallest absolute Gasteiger partial charge is 0.123 e. The van der Waals surface area contributed by atoms with Gasteiger partial charge in [0.25, 0.3) is 0 Å². The highest BCUT2D eigenvalue weighted by Gasteiger charge is 2.16. The summed E-state index contributed by atoms with van der Waals surface area (Å²) < 4.78 is 13.4. The van der Waals surface area contributed by atoms with E-state index in [9.17, 15) is 4.39 Å². The van der Waals surface area contributed by atoms with E-state index in [0.717, 1.165) is 40.1 Å². The van der Waals surface area contributed by atoms with Gasteiger partial charge in [-0.25, -0.2) is 4.39 Å². The minimum atomic E-state index is -0.266. The Labute approximate surface area is 162 Å². The molecule has 4 rings (SSSR count). The number of hydrogen-bond donors (Lipinski definition) is 1. The van der Waals surface area contributed by atoms with Crippen molar-refractivity contribution < 1.29 is 4.39 Å². The number of H-pyrrole nitrogens is 1. The molecular formula is C23H19FN4. The van der Waals surface area contributed by atoms with E-state index < -0.39 is 0 Å². The molecule has 1 aromatic carbocycles. The van der Waals surface area contributed by atoms with Crippen LogP contribution in [0.15, 0.2) is 78.9 Å². The number of halogens is 1. The molecule has 1 N–H and O–H groups in total. The van der Waals surface area contributed by atoms with Gasteiger partial charge >= 0.3 is 0 Å². The van der Waals surface area contributed by atoms with E-state index in [-0.39, 0.29) is 5.82 Å². The largest absolute Gasteiger partial charge is 0.277 e. The molecule has 3 heterocycles. The maximum Gasteiger partial charge on any atom is 0.123 e. The Kier molecular flexibility index (Phi) is 5.06. The van der Waals surface area contributed by atoms with Gasteiger partial charge in [0.2, 0.25) is 0 Å². The van der Waals surface area contributed by atoms with Gasteiger partial charge in [-0.3, -0.25) is 15.1 Å². The zero-order valence-electron chi connectivity index (χ0n) is 15.4. The van der Waals surface area contributed by atoms with E-state index in [2.05, 4.69) is 39.2 Å². The van der Waals surface area contributed by atoms with Crippen LogP contribution in [0.4, 0.5) is 4.39 Å². The molecule has 0 amide bonds. The summed E-state index contributed by atoms with van der Waals surface area (Å²) in [5.41, 5.74) is 6.85. The van der Waals surface area contributed by atoms with Crippen LogP contribution < -0.4 is 0 Å². The van der Waals surface area contributed by atoms with Gasteiger partial charge in [0.15, 0.2) is 0 Å². The predicted octanol–water partition coefficient (Wildman–Crippen LogP) is 5.32. The average molecular weight is 370 g/mol. The van der Waals surface area contributed by atoms with Gasteiger partial charge in [0.05, 0.1) is 5.69 Å². The van der Waals surface area contributed by atoms with Crippen molar-refractivity contribution in [2.24, 2.45) is 0 Å². The minimum Gasteiger partial charge on any atom is -0.277 e. The lowest BCUT2D eigenvalue weighted by Gasteiger charge is -2.06. The third kappa shape index (κ3) is 3.88. The number of aromatic amines is 1. The lowest BCUT2D eigenvalue weighted by molar-refractivity contribution is 0.628. The van der Waals surface area contributed by atoms with Crippen molar-refractivity contribution in [3.63, 3.8) is 0 Å². The lowest BCUT2D eigenvalue weighted by atomic mass is 9.98. The number of pyridine rings is 2. The molecular weight excluding hydrogens is 351 g/mol. The SMILES string of the molecule is CC(=Cc1[nH]nc(-c2ccc(F)cc2)c1-c1ccncc1)Cc1cccnc1. The summed E-state index contributed by atoms with van der Waals surface area (Å²) in [6.07, 6.45) is 10.1. The van der Waals surface area contributed by atoms with Gasteiger partial charge in [-0.15, -0.1) is 0 Å². The fourth-order valence-electron chi connectivity index (χ4n) is 3.21. The molecule has 0 aliphatic rings. The van der Waals surface area contributed by atoms with Gasteiger partial charge in [-0.1, -0.05) is 11.6 Å². The van der Waals surface area contributed by atoms with Crippen LogP contribution in [0, 0.1) is 5.82 Å². The third-order valence-corrected chi connectivity index (χ3v) is 4.48. The van der Waals surface area contributed by atoms with Crippen LogP contribution in [-0.4, -0.2) is 20.2 Å². The zero-order valence-corrected chi connectivity index (χ0v) is 15.4. The molecule has 138 valence electrons. The molecule has 0 bridgehead atoms. The molecule has 0 fully saturated rings.